The Labute approximate surface area is 241 Å². The molecule has 41 heavy (non-hydrogen) atoms. The standard InChI is InChI=1S/C28H38N6O6S/c1-16(17-7-6-8-21(10-17)41(38,39)30-5)33-20-12-24(26(33)36)32(14-20)15-22(31-27(37)40-28(2,3)4)25(35)34-19(13-29)9-18-11-23(18)34/h6-8,10,16,18-20,22-24,30H,9,11-12,14-15H2,1-5H3,(H,31,37)/t16-,18+,19-,20+,22-,23-,24+/m0/s1. The van der Waals surface area contributed by atoms with Crippen LogP contribution in [0.25, 0.3) is 0 Å². The van der Waals surface area contributed by atoms with Crippen molar-refractivity contribution in [2.45, 2.75) is 93.7 Å². The number of alkyl carbamates (subject to hydrolysis) is 1. The number of benzene rings is 1. The minimum atomic E-state index is -3.63. The van der Waals surface area contributed by atoms with Gasteiger partial charge < -0.3 is 19.9 Å². The Hall–Kier alpha value is -3.21. The molecule has 0 unspecified atom stereocenters. The number of sulfonamides is 1. The number of hydrogen-bond donors (Lipinski definition) is 2. The van der Waals surface area contributed by atoms with Crippen LogP contribution in [0.2, 0.25) is 0 Å². The van der Waals surface area contributed by atoms with E-state index in [1.54, 1.807) is 42.7 Å². The van der Waals surface area contributed by atoms with Gasteiger partial charge in [-0.3, -0.25) is 14.5 Å². The number of piperidine rings is 1. The van der Waals surface area contributed by atoms with Crippen LogP contribution in [-0.4, -0.2) is 97.0 Å². The number of hydrogen-bond acceptors (Lipinski definition) is 8. The van der Waals surface area contributed by atoms with Crippen LogP contribution in [0.1, 0.15) is 58.6 Å². The number of piperazine rings is 1. The SMILES string of the molecule is CNS(=O)(=O)c1cccc([C@H](C)N2C(=O)[C@H]3C[C@@H]2CN3C[C@H](NC(=O)OC(C)(C)C)C(=O)N2[C@H](C#N)C[C@@H]3C[C@@H]32)c1. The number of nitriles is 1. The molecule has 7 atom stereocenters. The summed E-state index contributed by atoms with van der Waals surface area (Å²) >= 11 is 0. The Kier molecular flexibility index (Phi) is 7.55. The first-order valence-electron chi connectivity index (χ1n) is 14.0. The Balaban J connectivity index is 1.31. The highest BCUT2D eigenvalue weighted by Gasteiger charge is 2.56. The summed E-state index contributed by atoms with van der Waals surface area (Å²) < 4.78 is 32.4. The zero-order valence-electron chi connectivity index (χ0n) is 24.0. The summed E-state index contributed by atoms with van der Waals surface area (Å²) in [5.74, 6) is -0.0976. The summed E-state index contributed by atoms with van der Waals surface area (Å²) in [6.45, 7) is 7.72. The van der Waals surface area contributed by atoms with Crippen molar-refractivity contribution in [1.82, 2.24) is 24.7 Å². The van der Waals surface area contributed by atoms with Crippen LogP contribution >= 0.6 is 0 Å². The van der Waals surface area contributed by atoms with Crippen molar-refractivity contribution in [3.05, 3.63) is 29.8 Å². The molecule has 3 saturated heterocycles. The molecule has 4 aliphatic rings. The zero-order valence-corrected chi connectivity index (χ0v) is 24.8. The number of nitrogens with one attached hydrogen (secondary N) is 2. The topological polar surface area (TPSA) is 152 Å². The minimum Gasteiger partial charge on any atom is -0.444 e. The Morgan fingerprint density at radius 1 is 1.22 bits per heavy atom. The van der Waals surface area contributed by atoms with Gasteiger partial charge >= 0.3 is 6.09 Å². The number of carbonyl (C=O) groups is 3. The van der Waals surface area contributed by atoms with Crippen LogP contribution in [-0.2, 0) is 24.3 Å². The Morgan fingerprint density at radius 2 is 1.95 bits per heavy atom. The average Bonchev–Trinajstić information content (AvgIpc) is 3.23. The molecule has 3 aliphatic heterocycles. The first-order chi connectivity index (χ1) is 19.2. The number of amides is 3. The van der Waals surface area contributed by atoms with Gasteiger partial charge in [0.2, 0.25) is 21.8 Å². The van der Waals surface area contributed by atoms with Crippen molar-refractivity contribution in [3.63, 3.8) is 0 Å². The number of ether oxygens (including phenoxy) is 1. The Bertz CT molecular complexity index is 1390. The molecule has 2 bridgehead atoms. The lowest BCUT2D eigenvalue weighted by molar-refractivity contribution is -0.141. The molecule has 3 heterocycles. The minimum absolute atomic E-state index is 0.0191. The van der Waals surface area contributed by atoms with Gasteiger partial charge in [0.15, 0.2) is 0 Å². The molecule has 1 aromatic carbocycles. The van der Waals surface area contributed by atoms with E-state index in [-0.39, 0.29) is 41.4 Å². The molecular formula is C28H38N6O6S. The number of rotatable bonds is 8. The van der Waals surface area contributed by atoms with Crippen molar-refractivity contribution in [2.75, 3.05) is 20.1 Å². The van der Waals surface area contributed by atoms with Crippen LogP contribution in [0.4, 0.5) is 4.79 Å². The first kappa shape index (κ1) is 29.3. The molecule has 3 amide bonds. The van der Waals surface area contributed by atoms with E-state index in [0.29, 0.717) is 30.9 Å². The van der Waals surface area contributed by atoms with Gasteiger partial charge in [0.25, 0.3) is 0 Å². The summed E-state index contributed by atoms with van der Waals surface area (Å²) in [4.78, 5) is 45.6. The van der Waals surface area contributed by atoms with Gasteiger partial charge in [-0.15, -0.1) is 0 Å². The highest BCUT2D eigenvalue weighted by molar-refractivity contribution is 7.89. The molecule has 12 nitrogen and oxygen atoms in total. The van der Waals surface area contributed by atoms with Crippen molar-refractivity contribution in [3.8, 4) is 6.07 Å². The monoisotopic (exact) mass is 586 g/mol. The van der Waals surface area contributed by atoms with Gasteiger partial charge in [-0.2, -0.15) is 5.26 Å². The van der Waals surface area contributed by atoms with E-state index in [1.165, 1.54) is 13.1 Å². The largest absolute Gasteiger partial charge is 0.444 e. The van der Waals surface area contributed by atoms with E-state index < -0.39 is 39.8 Å². The quantitative estimate of drug-likeness (QED) is 0.463. The lowest BCUT2D eigenvalue weighted by atomic mass is 10.1. The fraction of sp³-hybridized carbons (Fsp3) is 0.643. The van der Waals surface area contributed by atoms with E-state index in [4.69, 9.17) is 4.74 Å². The van der Waals surface area contributed by atoms with Gasteiger partial charge in [-0.25, -0.2) is 17.9 Å². The highest BCUT2D eigenvalue weighted by Crippen LogP contribution is 2.48. The van der Waals surface area contributed by atoms with E-state index in [0.717, 1.165) is 6.42 Å². The van der Waals surface area contributed by atoms with Crippen LogP contribution in [0.15, 0.2) is 29.2 Å². The van der Waals surface area contributed by atoms with Crippen LogP contribution in [0, 0.1) is 17.2 Å². The molecular weight excluding hydrogens is 548 g/mol. The van der Waals surface area contributed by atoms with Crippen molar-refractivity contribution < 1.29 is 27.5 Å². The maximum absolute atomic E-state index is 13.8. The lowest BCUT2D eigenvalue weighted by Gasteiger charge is -2.39. The maximum atomic E-state index is 13.8. The molecule has 0 aromatic heterocycles. The van der Waals surface area contributed by atoms with Crippen LogP contribution in [0.3, 0.4) is 0 Å². The van der Waals surface area contributed by atoms with E-state index in [9.17, 15) is 28.1 Å². The average molecular weight is 587 g/mol. The molecule has 5 rings (SSSR count). The fourth-order valence-electron chi connectivity index (χ4n) is 6.56. The molecule has 1 aliphatic carbocycles. The predicted molar refractivity (Wildman–Crippen MR) is 148 cm³/mol. The fourth-order valence-corrected chi connectivity index (χ4v) is 7.34. The van der Waals surface area contributed by atoms with E-state index >= 15 is 0 Å². The van der Waals surface area contributed by atoms with E-state index in [2.05, 4.69) is 16.1 Å². The molecule has 1 aromatic rings. The summed E-state index contributed by atoms with van der Waals surface area (Å²) in [5.41, 5.74) is -0.0467. The third kappa shape index (κ3) is 5.65. The molecule has 0 radical (unpaired) electrons. The second-order valence-corrected chi connectivity index (χ2v) is 14.3. The second kappa shape index (κ2) is 10.6. The van der Waals surface area contributed by atoms with Gasteiger partial charge in [-0.05, 0) is 77.6 Å². The molecule has 222 valence electrons. The van der Waals surface area contributed by atoms with E-state index in [1.807, 2.05) is 17.9 Å². The normalized spacial score (nSPS) is 28.7. The second-order valence-electron chi connectivity index (χ2n) is 12.4. The van der Waals surface area contributed by atoms with Gasteiger partial charge in [0, 0.05) is 25.2 Å². The summed E-state index contributed by atoms with van der Waals surface area (Å²) in [6, 6.07) is 6.37. The number of likely N-dealkylation sites (tertiary alicyclic amines) is 3. The van der Waals surface area contributed by atoms with Crippen molar-refractivity contribution in [2.24, 2.45) is 5.92 Å². The van der Waals surface area contributed by atoms with Gasteiger partial charge in [0.05, 0.1) is 23.0 Å². The smallest absolute Gasteiger partial charge is 0.408 e. The molecule has 4 fully saturated rings. The number of nitrogens with zero attached hydrogens (tertiary/aromatic N) is 4. The highest BCUT2D eigenvalue weighted by atomic mass is 32.2. The summed E-state index contributed by atoms with van der Waals surface area (Å²) in [6.07, 6.45) is 1.35. The van der Waals surface area contributed by atoms with Crippen LogP contribution < -0.4 is 10.0 Å². The van der Waals surface area contributed by atoms with Gasteiger partial charge in [0.1, 0.15) is 17.7 Å². The lowest BCUT2D eigenvalue weighted by Crippen LogP contribution is -2.59. The Morgan fingerprint density at radius 3 is 2.59 bits per heavy atom. The summed E-state index contributed by atoms with van der Waals surface area (Å²) in [7, 11) is -2.28. The van der Waals surface area contributed by atoms with Gasteiger partial charge in [-0.1, -0.05) is 12.1 Å². The zero-order chi connectivity index (χ0) is 29.9. The summed E-state index contributed by atoms with van der Waals surface area (Å²) in [5, 5.41) is 12.4. The predicted octanol–water partition coefficient (Wildman–Crippen LogP) is 1.35. The molecule has 1 saturated carbocycles. The molecule has 2 N–H and O–H groups in total. The first-order valence-corrected chi connectivity index (χ1v) is 15.5. The number of fused-ring (bicyclic) bond motifs is 3. The third-order valence-corrected chi connectivity index (χ3v) is 9.98. The third-order valence-electron chi connectivity index (χ3n) is 8.57. The van der Waals surface area contributed by atoms with Crippen molar-refractivity contribution in [1.29, 1.82) is 5.26 Å². The number of carbonyl (C=O) groups excluding carboxylic acids is 3. The molecule has 13 heteroatoms. The van der Waals surface area contributed by atoms with Crippen molar-refractivity contribution >= 4 is 27.9 Å². The van der Waals surface area contributed by atoms with Crippen LogP contribution in [0.5, 0.6) is 0 Å². The molecule has 0 spiro atoms. The maximum Gasteiger partial charge on any atom is 0.408 e.